The molecule has 0 unspecified atom stereocenters. The maximum Gasteiger partial charge on any atom is 0.338 e. The SMILES string of the molecule is C#CCNC(=O)COC(=O)c1ccc(Cl)c(S(=O)(=O)N(CC)CC)c1. The predicted molar refractivity (Wildman–Crippen MR) is 93.7 cm³/mol. The van der Waals surface area contributed by atoms with Gasteiger partial charge in [-0.05, 0) is 18.2 Å². The summed E-state index contributed by atoms with van der Waals surface area (Å²) in [4.78, 5) is 23.2. The van der Waals surface area contributed by atoms with Crippen molar-refractivity contribution in [2.75, 3.05) is 26.2 Å². The number of benzene rings is 1. The van der Waals surface area contributed by atoms with Crippen molar-refractivity contribution in [3.05, 3.63) is 28.8 Å². The number of esters is 1. The van der Waals surface area contributed by atoms with Gasteiger partial charge in [-0.2, -0.15) is 4.31 Å². The Balaban J connectivity index is 3.00. The third-order valence-electron chi connectivity index (χ3n) is 3.21. The molecule has 0 radical (unpaired) electrons. The van der Waals surface area contributed by atoms with Gasteiger partial charge in [0.05, 0.1) is 17.1 Å². The van der Waals surface area contributed by atoms with Crippen LogP contribution in [0.4, 0.5) is 0 Å². The van der Waals surface area contributed by atoms with E-state index in [1.807, 2.05) is 0 Å². The molecule has 0 saturated heterocycles. The van der Waals surface area contributed by atoms with Crippen LogP contribution >= 0.6 is 11.6 Å². The highest BCUT2D eigenvalue weighted by atomic mass is 35.5. The molecule has 0 saturated carbocycles. The number of rotatable bonds is 8. The number of carbonyl (C=O) groups is 2. The molecule has 0 aliphatic carbocycles. The van der Waals surface area contributed by atoms with Crippen molar-refractivity contribution in [3.8, 4) is 12.3 Å². The van der Waals surface area contributed by atoms with Crippen LogP contribution in [-0.4, -0.2) is 50.8 Å². The highest BCUT2D eigenvalue weighted by Gasteiger charge is 2.26. The third-order valence-corrected chi connectivity index (χ3v) is 5.74. The lowest BCUT2D eigenvalue weighted by Crippen LogP contribution is -2.31. The van der Waals surface area contributed by atoms with Gasteiger partial charge in [-0.1, -0.05) is 31.4 Å². The second-order valence-electron chi connectivity index (χ2n) is 4.79. The second-order valence-corrected chi connectivity index (χ2v) is 7.11. The number of carbonyl (C=O) groups excluding carboxylic acids is 2. The summed E-state index contributed by atoms with van der Waals surface area (Å²) in [5.74, 6) is 0.808. The number of ether oxygens (including phenoxy) is 1. The first-order valence-corrected chi connectivity index (χ1v) is 9.26. The van der Waals surface area contributed by atoms with Crippen LogP contribution in [0.5, 0.6) is 0 Å². The van der Waals surface area contributed by atoms with Gasteiger partial charge in [0, 0.05) is 13.1 Å². The Bertz CT molecular complexity index is 782. The molecule has 1 amide bonds. The molecule has 1 aromatic rings. The van der Waals surface area contributed by atoms with Crippen molar-refractivity contribution >= 4 is 33.5 Å². The molecule has 1 aromatic carbocycles. The Kier molecular flexibility index (Phi) is 7.90. The van der Waals surface area contributed by atoms with E-state index in [2.05, 4.69) is 11.2 Å². The minimum Gasteiger partial charge on any atom is -0.452 e. The summed E-state index contributed by atoms with van der Waals surface area (Å²) in [7, 11) is -3.84. The molecule has 0 aliphatic rings. The van der Waals surface area contributed by atoms with E-state index in [-0.39, 0.29) is 35.1 Å². The van der Waals surface area contributed by atoms with E-state index in [4.69, 9.17) is 22.8 Å². The monoisotopic (exact) mass is 386 g/mol. The molecule has 136 valence electrons. The Hall–Kier alpha value is -2.08. The fourth-order valence-electron chi connectivity index (χ4n) is 1.95. The Morgan fingerprint density at radius 1 is 1.32 bits per heavy atom. The van der Waals surface area contributed by atoms with E-state index in [0.717, 1.165) is 6.07 Å². The van der Waals surface area contributed by atoms with Gasteiger partial charge < -0.3 is 10.1 Å². The highest BCUT2D eigenvalue weighted by Crippen LogP contribution is 2.26. The van der Waals surface area contributed by atoms with E-state index in [1.54, 1.807) is 13.8 Å². The normalized spacial score (nSPS) is 11.0. The largest absolute Gasteiger partial charge is 0.452 e. The van der Waals surface area contributed by atoms with Crippen LogP contribution < -0.4 is 5.32 Å². The van der Waals surface area contributed by atoms with Crippen molar-refractivity contribution in [1.82, 2.24) is 9.62 Å². The van der Waals surface area contributed by atoms with Crippen LogP contribution in [-0.2, 0) is 19.6 Å². The van der Waals surface area contributed by atoms with Gasteiger partial charge >= 0.3 is 5.97 Å². The van der Waals surface area contributed by atoms with E-state index in [9.17, 15) is 18.0 Å². The maximum absolute atomic E-state index is 12.6. The van der Waals surface area contributed by atoms with Gasteiger partial charge in [0.1, 0.15) is 4.90 Å². The van der Waals surface area contributed by atoms with Gasteiger partial charge in [0.2, 0.25) is 10.0 Å². The average molecular weight is 387 g/mol. The first-order chi connectivity index (χ1) is 11.8. The smallest absolute Gasteiger partial charge is 0.338 e. The number of hydrogen-bond donors (Lipinski definition) is 1. The van der Waals surface area contributed by atoms with Crippen molar-refractivity contribution in [2.45, 2.75) is 18.7 Å². The molecule has 0 heterocycles. The van der Waals surface area contributed by atoms with Gasteiger partial charge in [0.25, 0.3) is 5.91 Å². The molecule has 1 rings (SSSR count). The summed E-state index contributed by atoms with van der Waals surface area (Å²) in [6.07, 6.45) is 5.00. The number of amides is 1. The zero-order chi connectivity index (χ0) is 19.0. The Morgan fingerprint density at radius 3 is 2.52 bits per heavy atom. The van der Waals surface area contributed by atoms with Gasteiger partial charge in [0.15, 0.2) is 6.61 Å². The van der Waals surface area contributed by atoms with Crippen LogP contribution in [0, 0.1) is 12.3 Å². The van der Waals surface area contributed by atoms with Gasteiger partial charge in [-0.25, -0.2) is 13.2 Å². The lowest BCUT2D eigenvalue weighted by Gasteiger charge is -2.19. The number of hydrogen-bond acceptors (Lipinski definition) is 5. The molecule has 0 fully saturated rings. The topological polar surface area (TPSA) is 92.8 Å². The third kappa shape index (κ3) is 5.46. The number of sulfonamides is 1. The van der Waals surface area contributed by atoms with Crippen molar-refractivity contribution < 1.29 is 22.7 Å². The Morgan fingerprint density at radius 2 is 1.96 bits per heavy atom. The number of halogens is 1. The quantitative estimate of drug-likeness (QED) is 0.536. The zero-order valence-corrected chi connectivity index (χ0v) is 15.5. The summed E-state index contributed by atoms with van der Waals surface area (Å²) in [6.45, 7) is 3.41. The van der Waals surface area contributed by atoms with Crippen molar-refractivity contribution in [2.24, 2.45) is 0 Å². The molecule has 0 spiro atoms. The van der Waals surface area contributed by atoms with Crippen LogP contribution in [0.1, 0.15) is 24.2 Å². The molecule has 0 aliphatic heterocycles. The minimum absolute atomic E-state index is 0.00443. The molecule has 1 N–H and O–H groups in total. The van der Waals surface area contributed by atoms with Gasteiger partial charge in [-0.3, -0.25) is 4.79 Å². The van der Waals surface area contributed by atoms with E-state index < -0.39 is 28.5 Å². The van der Waals surface area contributed by atoms with Gasteiger partial charge in [-0.15, -0.1) is 6.42 Å². The predicted octanol–water partition coefficient (Wildman–Crippen LogP) is 1.28. The summed E-state index contributed by atoms with van der Waals surface area (Å²) in [6, 6.07) is 3.76. The van der Waals surface area contributed by atoms with Crippen LogP contribution in [0.15, 0.2) is 23.1 Å². The second kappa shape index (κ2) is 9.42. The zero-order valence-electron chi connectivity index (χ0n) is 13.9. The molecule has 7 nitrogen and oxygen atoms in total. The van der Waals surface area contributed by atoms with Crippen molar-refractivity contribution in [1.29, 1.82) is 0 Å². The summed E-state index contributed by atoms with van der Waals surface area (Å²) < 4.78 is 31.2. The highest BCUT2D eigenvalue weighted by molar-refractivity contribution is 7.89. The maximum atomic E-state index is 12.6. The first-order valence-electron chi connectivity index (χ1n) is 7.44. The molecule has 0 atom stereocenters. The fraction of sp³-hybridized carbons (Fsp3) is 0.375. The summed E-state index contributed by atoms with van der Waals surface area (Å²) >= 11 is 5.99. The standard InChI is InChI=1S/C16H19ClN2O5S/c1-4-9-18-15(20)11-24-16(21)12-7-8-13(17)14(10-12)25(22,23)19(5-2)6-3/h1,7-8,10H,5-6,9,11H2,2-3H3,(H,18,20). The number of terminal acetylenes is 1. The fourth-order valence-corrected chi connectivity index (χ4v) is 3.90. The molecule has 0 aromatic heterocycles. The first kappa shape index (κ1) is 21.0. The van der Waals surface area contributed by atoms with E-state index in [0.29, 0.717) is 0 Å². The van der Waals surface area contributed by atoms with E-state index >= 15 is 0 Å². The molecular formula is C16H19ClN2O5S. The lowest BCUT2D eigenvalue weighted by molar-refractivity contribution is -0.123. The number of nitrogens with one attached hydrogen (secondary N) is 1. The van der Waals surface area contributed by atoms with Crippen molar-refractivity contribution in [3.63, 3.8) is 0 Å². The van der Waals surface area contributed by atoms with Crippen LogP contribution in [0.3, 0.4) is 0 Å². The molecule has 25 heavy (non-hydrogen) atoms. The average Bonchev–Trinajstić information content (AvgIpc) is 2.58. The molecule has 9 heteroatoms. The summed E-state index contributed by atoms with van der Waals surface area (Å²) in [5, 5.41) is 2.33. The van der Waals surface area contributed by atoms with Crippen LogP contribution in [0.2, 0.25) is 5.02 Å². The van der Waals surface area contributed by atoms with Crippen LogP contribution in [0.25, 0.3) is 0 Å². The number of nitrogens with zero attached hydrogens (tertiary/aromatic N) is 1. The molecule has 0 bridgehead atoms. The molecular weight excluding hydrogens is 368 g/mol. The Labute approximate surface area is 152 Å². The summed E-state index contributed by atoms with van der Waals surface area (Å²) in [5.41, 5.74) is -0.0279. The minimum atomic E-state index is -3.84. The lowest BCUT2D eigenvalue weighted by atomic mass is 10.2. The van der Waals surface area contributed by atoms with E-state index in [1.165, 1.54) is 16.4 Å².